The van der Waals surface area contributed by atoms with Crippen LogP contribution in [0.15, 0.2) is 30.3 Å². The summed E-state index contributed by atoms with van der Waals surface area (Å²) in [5.41, 5.74) is 2.31. The third-order valence-corrected chi connectivity index (χ3v) is 6.04. The Morgan fingerprint density at radius 1 is 1.00 bits per heavy atom. The molecule has 1 aliphatic rings. The Hall–Kier alpha value is -3.16. The van der Waals surface area contributed by atoms with E-state index in [2.05, 4.69) is 0 Å². The van der Waals surface area contributed by atoms with E-state index < -0.39 is 29.7 Å². The van der Waals surface area contributed by atoms with E-state index in [1.54, 1.807) is 6.92 Å². The van der Waals surface area contributed by atoms with Crippen molar-refractivity contribution < 1.29 is 19.1 Å². The van der Waals surface area contributed by atoms with Gasteiger partial charge >= 0.3 is 6.03 Å². The Morgan fingerprint density at radius 3 is 2.03 bits per heavy atom. The second kappa shape index (κ2) is 7.93. The highest BCUT2D eigenvalue weighted by atomic mass is 16.5. The van der Waals surface area contributed by atoms with Crippen molar-refractivity contribution in [2.24, 2.45) is 11.8 Å². The molecule has 1 aromatic carbocycles. The zero-order valence-electron chi connectivity index (χ0n) is 18.2. The molecule has 1 aromatic heterocycles. The Morgan fingerprint density at radius 2 is 1.53 bits per heavy atom. The number of hydrogen-bond acceptors (Lipinski definition) is 4. The minimum Gasteiger partial charge on any atom is -0.711 e. The van der Waals surface area contributed by atoms with Crippen molar-refractivity contribution in [3.63, 3.8) is 0 Å². The van der Waals surface area contributed by atoms with Gasteiger partial charge in [-0.05, 0) is 11.5 Å². The Kier molecular flexibility index (Phi) is 5.70. The van der Waals surface area contributed by atoms with Gasteiger partial charge in [0.1, 0.15) is 23.9 Å². The first kappa shape index (κ1) is 21.5. The van der Waals surface area contributed by atoms with Gasteiger partial charge in [-0.15, -0.1) is 0 Å². The van der Waals surface area contributed by atoms with Gasteiger partial charge in [0.05, 0.1) is 5.92 Å². The first-order valence-corrected chi connectivity index (χ1v) is 10.00. The lowest BCUT2D eigenvalue weighted by molar-refractivity contribution is -0.622. The fourth-order valence-electron chi connectivity index (χ4n) is 4.15. The molecular weight excluding hydrogens is 384 g/mol. The molecule has 2 heterocycles. The highest BCUT2D eigenvalue weighted by molar-refractivity contribution is 6.16. The topological polar surface area (TPSA) is 89.6 Å². The summed E-state index contributed by atoms with van der Waals surface area (Å²) in [4.78, 5) is 40.2. The summed E-state index contributed by atoms with van der Waals surface area (Å²) in [6, 6.07) is 9.05. The van der Waals surface area contributed by atoms with Crippen LogP contribution in [0.2, 0.25) is 0 Å². The van der Waals surface area contributed by atoms with Crippen LogP contribution in [0, 0.1) is 30.9 Å². The van der Waals surface area contributed by atoms with Crippen LogP contribution in [0.4, 0.5) is 4.79 Å². The standard InChI is InChI=1S/C22H28N4O4/c1-13(2)17(18-20(27)23(5)22(29)24(6)21(18)28)19-25(14(3)15(4)26(19)30)12-16-10-8-7-9-11-16/h7-11,13,17-18H,12H2,1-6H3/t17-/m0/s1. The van der Waals surface area contributed by atoms with Gasteiger partial charge in [-0.25, -0.2) is 14.1 Å². The average Bonchev–Trinajstić information content (AvgIpc) is 2.92. The molecule has 1 atom stereocenters. The molecule has 0 radical (unpaired) electrons. The van der Waals surface area contributed by atoms with Gasteiger partial charge in [-0.1, -0.05) is 44.2 Å². The molecule has 4 amide bonds. The minimum absolute atomic E-state index is 0.193. The molecule has 3 rings (SSSR count). The molecule has 0 N–H and O–H groups in total. The number of carbonyl (C=O) groups is 3. The van der Waals surface area contributed by atoms with E-state index in [1.807, 2.05) is 55.7 Å². The smallest absolute Gasteiger partial charge is 0.332 e. The Labute approximate surface area is 176 Å². The van der Waals surface area contributed by atoms with E-state index >= 15 is 0 Å². The molecule has 1 aliphatic heterocycles. The van der Waals surface area contributed by atoms with E-state index in [0.717, 1.165) is 25.8 Å². The normalized spacial score (nSPS) is 16.7. The number of aromatic nitrogens is 2. The second-order valence-electron chi connectivity index (χ2n) is 8.22. The van der Waals surface area contributed by atoms with Gasteiger partial charge in [-0.3, -0.25) is 19.4 Å². The maximum Gasteiger partial charge on any atom is 0.332 e. The number of rotatable bonds is 5. The average molecular weight is 412 g/mol. The Bertz CT molecular complexity index is 972. The fourth-order valence-corrected chi connectivity index (χ4v) is 4.15. The minimum atomic E-state index is -1.14. The van der Waals surface area contributed by atoms with Gasteiger partial charge in [0.25, 0.3) is 5.82 Å². The predicted octanol–water partition coefficient (Wildman–Crippen LogP) is 2.19. The molecule has 1 saturated heterocycles. The first-order chi connectivity index (χ1) is 14.1. The van der Waals surface area contributed by atoms with Gasteiger partial charge in [0, 0.05) is 27.9 Å². The maximum absolute atomic E-state index is 13.2. The molecule has 8 nitrogen and oxygen atoms in total. The van der Waals surface area contributed by atoms with E-state index in [1.165, 1.54) is 14.1 Å². The molecule has 1 fully saturated rings. The third-order valence-electron chi connectivity index (χ3n) is 6.04. The summed E-state index contributed by atoms with van der Waals surface area (Å²) in [6.07, 6.45) is 0. The van der Waals surface area contributed by atoms with Crippen molar-refractivity contribution in [2.45, 2.75) is 40.2 Å². The zero-order valence-corrected chi connectivity index (χ0v) is 18.2. The van der Waals surface area contributed by atoms with Gasteiger partial charge in [0.2, 0.25) is 11.8 Å². The fraction of sp³-hybridized carbons (Fsp3) is 0.455. The molecule has 0 saturated carbocycles. The molecule has 0 aliphatic carbocycles. The lowest BCUT2D eigenvalue weighted by atomic mass is 9.80. The van der Waals surface area contributed by atoms with Gasteiger partial charge < -0.3 is 5.21 Å². The van der Waals surface area contributed by atoms with Crippen molar-refractivity contribution in [3.05, 3.63) is 58.3 Å². The summed E-state index contributed by atoms with van der Waals surface area (Å²) in [5, 5.41) is 13.2. The van der Waals surface area contributed by atoms with E-state index in [9.17, 15) is 19.6 Å². The number of urea groups is 1. The summed E-state index contributed by atoms with van der Waals surface area (Å²) in [6.45, 7) is 7.80. The second-order valence-corrected chi connectivity index (χ2v) is 8.22. The molecule has 0 spiro atoms. The molecule has 0 unspecified atom stereocenters. The molecule has 30 heavy (non-hydrogen) atoms. The monoisotopic (exact) mass is 412 g/mol. The SMILES string of the molecule is Cc1c(C)[n+]([O-])c([C@@H](C(C)C)C2C(=O)N(C)C(=O)N(C)C2=O)n1Cc1ccccc1. The summed E-state index contributed by atoms with van der Waals surface area (Å²) >= 11 is 0. The van der Waals surface area contributed by atoms with E-state index in [-0.39, 0.29) is 5.92 Å². The van der Waals surface area contributed by atoms with Crippen LogP contribution in [-0.2, 0) is 16.1 Å². The Balaban J connectivity index is 2.18. The summed E-state index contributed by atoms with van der Waals surface area (Å²) in [5.74, 6) is -2.81. The highest BCUT2D eigenvalue weighted by Gasteiger charge is 2.51. The number of amides is 4. The molecule has 2 aromatic rings. The largest absolute Gasteiger partial charge is 0.711 e. The van der Waals surface area contributed by atoms with Crippen LogP contribution in [-0.4, -0.2) is 46.3 Å². The summed E-state index contributed by atoms with van der Waals surface area (Å²) in [7, 11) is 2.73. The number of nitrogens with zero attached hydrogens (tertiary/aromatic N) is 4. The molecular formula is C22H28N4O4. The molecule has 160 valence electrons. The molecule has 0 bridgehead atoms. The van der Waals surface area contributed by atoms with Crippen LogP contribution in [0.1, 0.15) is 42.5 Å². The van der Waals surface area contributed by atoms with Crippen LogP contribution in [0.25, 0.3) is 0 Å². The van der Waals surface area contributed by atoms with Crippen LogP contribution in [0.5, 0.6) is 0 Å². The number of benzene rings is 1. The van der Waals surface area contributed by atoms with Crippen LogP contribution < -0.4 is 4.73 Å². The summed E-state index contributed by atoms with van der Waals surface area (Å²) < 4.78 is 2.72. The number of barbiturate groups is 1. The number of imidazole rings is 1. The predicted molar refractivity (Wildman–Crippen MR) is 110 cm³/mol. The van der Waals surface area contributed by atoms with Crippen molar-refractivity contribution in [3.8, 4) is 0 Å². The lowest BCUT2D eigenvalue weighted by Gasteiger charge is -2.37. The number of hydrogen-bond donors (Lipinski definition) is 0. The highest BCUT2D eigenvalue weighted by Crippen LogP contribution is 2.36. The maximum atomic E-state index is 13.2. The van der Waals surface area contributed by atoms with Crippen LogP contribution >= 0.6 is 0 Å². The quantitative estimate of drug-likeness (QED) is 0.428. The molecule has 8 heteroatoms. The van der Waals surface area contributed by atoms with Gasteiger partial charge in [0.15, 0.2) is 0 Å². The number of imide groups is 2. The zero-order chi connectivity index (χ0) is 22.3. The lowest BCUT2D eigenvalue weighted by Crippen LogP contribution is -2.59. The van der Waals surface area contributed by atoms with Gasteiger partial charge in [-0.2, -0.15) is 0 Å². The van der Waals surface area contributed by atoms with Crippen molar-refractivity contribution in [2.75, 3.05) is 14.1 Å². The van der Waals surface area contributed by atoms with E-state index in [4.69, 9.17) is 0 Å². The number of carbonyl (C=O) groups excluding carboxylic acids is 3. The van der Waals surface area contributed by atoms with Crippen LogP contribution in [0.3, 0.4) is 0 Å². The van der Waals surface area contributed by atoms with Crippen molar-refractivity contribution in [1.29, 1.82) is 0 Å². The first-order valence-electron chi connectivity index (χ1n) is 10.00. The van der Waals surface area contributed by atoms with Crippen molar-refractivity contribution >= 4 is 17.8 Å². The van der Waals surface area contributed by atoms with E-state index in [0.29, 0.717) is 18.1 Å². The third kappa shape index (κ3) is 3.36. The van der Waals surface area contributed by atoms with Crippen molar-refractivity contribution in [1.82, 2.24) is 14.4 Å².